The van der Waals surface area contributed by atoms with Gasteiger partial charge in [-0.1, -0.05) is 18.2 Å². The van der Waals surface area contributed by atoms with Crippen LogP contribution in [0.5, 0.6) is 0 Å². The minimum Gasteiger partial charge on any atom is -0.481 e. The second-order valence-corrected chi connectivity index (χ2v) is 4.61. The van der Waals surface area contributed by atoms with Crippen LogP contribution in [0.25, 0.3) is 0 Å². The summed E-state index contributed by atoms with van der Waals surface area (Å²) in [6.45, 7) is 1.79. The van der Waals surface area contributed by atoms with E-state index in [0.717, 1.165) is 0 Å². The fourth-order valence-electron chi connectivity index (χ4n) is 2.37. The van der Waals surface area contributed by atoms with Gasteiger partial charge >= 0.3 is 5.97 Å². The Kier molecular flexibility index (Phi) is 2.74. The quantitative estimate of drug-likeness (QED) is 0.847. The van der Waals surface area contributed by atoms with Crippen LogP contribution in [-0.4, -0.2) is 38.7 Å². The molecule has 1 atom stereocenters. The number of aryl methyl sites for hydroxylation is 1. The molecule has 0 fully saturated rings. The smallest absolute Gasteiger partial charge is 0.312 e. The van der Waals surface area contributed by atoms with Crippen LogP contribution in [0, 0.1) is 6.92 Å². The van der Waals surface area contributed by atoms with Crippen LogP contribution in [0.1, 0.15) is 27.9 Å². The fourth-order valence-corrected chi connectivity index (χ4v) is 2.37. The average molecular weight is 272 g/mol. The number of anilines is 1. The van der Waals surface area contributed by atoms with Gasteiger partial charge < -0.3 is 10.0 Å². The number of carbonyl (C=O) groups is 2. The Morgan fingerprint density at radius 2 is 2.15 bits per heavy atom. The highest BCUT2D eigenvalue weighted by Gasteiger charge is 2.37. The molecule has 3 rings (SSSR count). The van der Waals surface area contributed by atoms with Crippen LogP contribution in [0.3, 0.4) is 0 Å². The third-order valence-electron chi connectivity index (χ3n) is 3.30. The van der Waals surface area contributed by atoms with E-state index in [4.69, 9.17) is 0 Å². The zero-order chi connectivity index (χ0) is 14.3. The van der Waals surface area contributed by atoms with Crippen molar-refractivity contribution in [2.75, 3.05) is 11.4 Å². The van der Waals surface area contributed by atoms with Gasteiger partial charge in [-0.25, -0.2) is 4.98 Å². The molecule has 0 saturated carbocycles. The number of carboxylic acids is 1. The standard InChI is InChI=1S/C13H12N4O3/c1-7-14-11(16-15-7)12(18)17-6-9(13(19)20)8-4-2-3-5-10(8)17/h2-5,9H,6H2,1H3,(H,19,20)(H,14,15,16). The van der Waals surface area contributed by atoms with Gasteiger partial charge in [0.15, 0.2) is 0 Å². The topological polar surface area (TPSA) is 99.2 Å². The van der Waals surface area contributed by atoms with Crippen molar-refractivity contribution in [2.24, 2.45) is 0 Å². The number of nitrogens with zero attached hydrogens (tertiary/aromatic N) is 3. The Morgan fingerprint density at radius 3 is 2.80 bits per heavy atom. The van der Waals surface area contributed by atoms with Gasteiger partial charge in [0.25, 0.3) is 5.91 Å². The molecule has 1 aliphatic rings. The number of hydrogen-bond donors (Lipinski definition) is 2. The first-order chi connectivity index (χ1) is 9.58. The SMILES string of the molecule is Cc1nc(C(=O)N2CC(C(=O)O)c3ccccc32)n[nH]1. The van der Waals surface area contributed by atoms with E-state index >= 15 is 0 Å². The first kappa shape index (κ1) is 12.3. The number of carboxylic acid groups (broad SMARTS) is 1. The van der Waals surface area contributed by atoms with E-state index in [1.165, 1.54) is 4.90 Å². The number of fused-ring (bicyclic) bond motifs is 1. The number of benzene rings is 1. The van der Waals surface area contributed by atoms with Gasteiger partial charge in [-0.15, -0.1) is 5.10 Å². The number of aliphatic carboxylic acids is 1. The van der Waals surface area contributed by atoms with E-state index in [0.29, 0.717) is 17.1 Å². The predicted octanol–water partition coefficient (Wildman–Crippen LogP) is 0.942. The van der Waals surface area contributed by atoms with Crippen LogP contribution in [0.2, 0.25) is 0 Å². The van der Waals surface area contributed by atoms with Crippen LogP contribution in [0.4, 0.5) is 5.69 Å². The van der Waals surface area contributed by atoms with E-state index in [2.05, 4.69) is 15.2 Å². The zero-order valence-electron chi connectivity index (χ0n) is 10.7. The predicted molar refractivity (Wildman–Crippen MR) is 69.6 cm³/mol. The Balaban J connectivity index is 2.00. The second kappa shape index (κ2) is 4.44. The van der Waals surface area contributed by atoms with Crippen LogP contribution < -0.4 is 4.90 Å². The first-order valence-corrected chi connectivity index (χ1v) is 6.10. The molecule has 1 amide bonds. The molecular formula is C13H12N4O3. The number of amides is 1. The number of nitrogens with one attached hydrogen (secondary N) is 1. The molecule has 0 aliphatic carbocycles. The summed E-state index contributed by atoms with van der Waals surface area (Å²) < 4.78 is 0. The highest BCUT2D eigenvalue weighted by atomic mass is 16.4. The number of rotatable bonds is 2. The maximum atomic E-state index is 12.4. The minimum atomic E-state index is -0.945. The van der Waals surface area contributed by atoms with Crippen molar-refractivity contribution in [3.63, 3.8) is 0 Å². The van der Waals surface area contributed by atoms with Crippen molar-refractivity contribution < 1.29 is 14.7 Å². The van der Waals surface area contributed by atoms with Crippen molar-refractivity contribution in [1.82, 2.24) is 15.2 Å². The zero-order valence-corrected chi connectivity index (χ0v) is 10.7. The first-order valence-electron chi connectivity index (χ1n) is 6.10. The Morgan fingerprint density at radius 1 is 1.40 bits per heavy atom. The van der Waals surface area contributed by atoms with Gasteiger partial charge in [-0.3, -0.25) is 14.7 Å². The molecular weight excluding hydrogens is 260 g/mol. The summed E-state index contributed by atoms with van der Waals surface area (Å²) in [6, 6.07) is 6.99. The number of para-hydroxylation sites is 1. The molecule has 1 unspecified atom stereocenters. The van der Waals surface area contributed by atoms with Gasteiger partial charge in [-0.05, 0) is 18.6 Å². The Labute approximate surface area is 114 Å². The molecule has 0 spiro atoms. The molecule has 0 saturated heterocycles. The minimum absolute atomic E-state index is 0.0448. The van der Waals surface area contributed by atoms with E-state index in [9.17, 15) is 14.7 Å². The number of carbonyl (C=O) groups excluding carboxylic acids is 1. The summed E-state index contributed by atoms with van der Waals surface area (Å²) in [5, 5.41) is 15.7. The molecule has 102 valence electrons. The fraction of sp³-hybridized carbons (Fsp3) is 0.231. The molecule has 2 heterocycles. The van der Waals surface area contributed by atoms with Crippen molar-refractivity contribution >= 4 is 17.6 Å². The van der Waals surface area contributed by atoms with Crippen LogP contribution in [-0.2, 0) is 4.79 Å². The summed E-state index contributed by atoms with van der Waals surface area (Å²) >= 11 is 0. The largest absolute Gasteiger partial charge is 0.481 e. The average Bonchev–Trinajstić information content (AvgIpc) is 3.02. The Bertz CT molecular complexity index is 694. The third kappa shape index (κ3) is 1.83. The summed E-state index contributed by atoms with van der Waals surface area (Å²) in [4.78, 5) is 29.1. The summed E-state index contributed by atoms with van der Waals surface area (Å²) in [5.41, 5.74) is 1.24. The van der Waals surface area contributed by atoms with Gasteiger partial charge in [0.2, 0.25) is 5.82 Å². The molecule has 1 aromatic heterocycles. The second-order valence-electron chi connectivity index (χ2n) is 4.61. The Hall–Kier alpha value is -2.70. The third-order valence-corrected chi connectivity index (χ3v) is 3.30. The molecule has 7 nitrogen and oxygen atoms in total. The van der Waals surface area contributed by atoms with Gasteiger partial charge in [0, 0.05) is 12.2 Å². The molecule has 7 heteroatoms. The summed E-state index contributed by atoms with van der Waals surface area (Å²) in [6.07, 6.45) is 0. The molecule has 1 aromatic carbocycles. The van der Waals surface area contributed by atoms with E-state index in [1.54, 1.807) is 31.2 Å². The van der Waals surface area contributed by atoms with Crippen molar-refractivity contribution in [2.45, 2.75) is 12.8 Å². The van der Waals surface area contributed by atoms with Crippen LogP contribution in [0.15, 0.2) is 24.3 Å². The molecule has 2 aromatic rings. The van der Waals surface area contributed by atoms with E-state index in [-0.39, 0.29) is 12.4 Å². The number of hydrogen-bond acceptors (Lipinski definition) is 4. The van der Waals surface area contributed by atoms with Crippen molar-refractivity contribution in [1.29, 1.82) is 0 Å². The number of aromatic amines is 1. The van der Waals surface area contributed by atoms with Crippen LogP contribution >= 0.6 is 0 Å². The summed E-state index contributed by atoms with van der Waals surface area (Å²) in [7, 11) is 0. The lowest BCUT2D eigenvalue weighted by atomic mass is 10.0. The lowest BCUT2D eigenvalue weighted by Crippen LogP contribution is -2.32. The van der Waals surface area contributed by atoms with E-state index < -0.39 is 17.8 Å². The molecule has 0 bridgehead atoms. The number of H-pyrrole nitrogens is 1. The highest BCUT2D eigenvalue weighted by molar-refractivity contribution is 6.06. The molecule has 20 heavy (non-hydrogen) atoms. The van der Waals surface area contributed by atoms with Crippen molar-refractivity contribution in [3.05, 3.63) is 41.5 Å². The van der Waals surface area contributed by atoms with Gasteiger partial charge in [0.1, 0.15) is 11.7 Å². The monoisotopic (exact) mass is 272 g/mol. The van der Waals surface area contributed by atoms with Crippen molar-refractivity contribution in [3.8, 4) is 0 Å². The molecule has 2 N–H and O–H groups in total. The van der Waals surface area contributed by atoms with E-state index in [1.807, 2.05) is 0 Å². The lowest BCUT2D eigenvalue weighted by Gasteiger charge is -2.15. The normalized spacial score (nSPS) is 17.1. The molecule has 1 aliphatic heterocycles. The molecule has 0 radical (unpaired) electrons. The van der Waals surface area contributed by atoms with Gasteiger partial charge in [-0.2, -0.15) is 0 Å². The maximum absolute atomic E-state index is 12.4. The van der Waals surface area contributed by atoms with Gasteiger partial charge in [0.05, 0.1) is 0 Å². The highest BCUT2D eigenvalue weighted by Crippen LogP contribution is 2.36. The lowest BCUT2D eigenvalue weighted by molar-refractivity contribution is -0.138. The maximum Gasteiger partial charge on any atom is 0.312 e. The number of aromatic nitrogens is 3. The summed E-state index contributed by atoms with van der Waals surface area (Å²) in [5.74, 6) is -1.47.